The summed E-state index contributed by atoms with van der Waals surface area (Å²) in [5, 5.41) is 7.05. The van der Waals surface area contributed by atoms with Crippen LogP contribution in [0, 0.1) is 6.92 Å². The predicted molar refractivity (Wildman–Crippen MR) is 122 cm³/mol. The molecule has 1 aliphatic heterocycles. The molecule has 31 heavy (non-hydrogen) atoms. The van der Waals surface area contributed by atoms with Crippen LogP contribution in [0.25, 0.3) is 0 Å². The second-order valence-electron chi connectivity index (χ2n) is 7.23. The zero-order valence-corrected chi connectivity index (χ0v) is 18.1. The number of aryl methyl sites for hydroxylation is 1. The van der Waals surface area contributed by atoms with Gasteiger partial charge < -0.3 is 20.3 Å². The molecular formula is C22H23ClN6O2. The van der Waals surface area contributed by atoms with Gasteiger partial charge in [0.25, 0.3) is 0 Å². The zero-order valence-electron chi connectivity index (χ0n) is 17.4. The lowest BCUT2D eigenvalue weighted by atomic mass is 10.1. The summed E-state index contributed by atoms with van der Waals surface area (Å²) in [6.45, 7) is 6.10. The second kappa shape index (κ2) is 9.28. The van der Waals surface area contributed by atoms with Crippen molar-refractivity contribution in [1.29, 1.82) is 0 Å². The van der Waals surface area contributed by atoms with Crippen LogP contribution in [-0.2, 0) is 4.74 Å². The molecule has 0 aliphatic carbocycles. The largest absolute Gasteiger partial charge is 0.378 e. The first kappa shape index (κ1) is 21.0. The Bertz CT molecular complexity index is 1100. The van der Waals surface area contributed by atoms with E-state index in [4.69, 9.17) is 16.3 Å². The molecule has 160 valence electrons. The third kappa shape index (κ3) is 5.28. The quantitative estimate of drug-likeness (QED) is 0.548. The number of rotatable bonds is 6. The number of ketones is 1. The first-order chi connectivity index (χ1) is 15.0. The van der Waals surface area contributed by atoms with Crippen molar-refractivity contribution in [2.45, 2.75) is 13.8 Å². The van der Waals surface area contributed by atoms with Crippen LogP contribution >= 0.6 is 11.6 Å². The number of hydrogen-bond donors (Lipinski definition) is 2. The van der Waals surface area contributed by atoms with Gasteiger partial charge in [0.05, 0.1) is 13.2 Å². The van der Waals surface area contributed by atoms with Gasteiger partial charge in [-0.05, 0) is 43.7 Å². The molecule has 1 fully saturated rings. The number of Topliss-reactive ketones (excluding diaryl/α,β-unsaturated/α-hetero) is 1. The molecule has 0 saturated carbocycles. The summed E-state index contributed by atoms with van der Waals surface area (Å²) in [7, 11) is 0. The van der Waals surface area contributed by atoms with E-state index in [0.717, 1.165) is 16.9 Å². The van der Waals surface area contributed by atoms with Gasteiger partial charge in [-0.25, -0.2) is 0 Å². The van der Waals surface area contributed by atoms with E-state index < -0.39 is 0 Å². The molecule has 0 amide bonds. The number of morpholine rings is 1. The Hall–Kier alpha value is -3.23. The van der Waals surface area contributed by atoms with Crippen molar-refractivity contribution in [2.75, 3.05) is 41.8 Å². The maximum atomic E-state index is 11.7. The Labute approximate surface area is 185 Å². The number of benzene rings is 2. The number of hydrogen-bond acceptors (Lipinski definition) is 8. The molecule has 3 aromatic rings. The van der Waals surface area contributed by atoms with E-state index in [1.165, 1.54) is 6.92 Å². The van der Waals surface area contributed by atoms with Crippen LogP contribution in [0.1, 0.15) is 22.8 Å². The number of carbonyl (C=O) groups is 1. The summed E-state index contributed by atoms with van der Waals surface area (Å²) in [6.07, 6.45) is 0. The number of nitrogens with one attached hydrogen (secondary N) is 2. The molecular weight excluding hydrogens is 416 g/mol. The SMILES string of the molecule is CC(=O)c1cccc(Nc2nc(Nc3ccc(C)c(Cl)c3)nc(N3CCOCC3)n2)c1. The number of halogens is 1. The minimum absolute atomic E-state index is 0.00749. The third-order valence-electron chi connectivity index (χ3n) is 4.87. The van der Waals surface area contributed by atoms with Crippen molar-refractivity contribution in [3.8, 4) is 0 Å². The van der Waals surface area contributed by atoms with Gasteiger partial charge in [0, 0.05) is 35.1 Å². The van der Waals surface area contributed by atoms with Gasteiger partial charge >= 0.3 is 0 Å². The fourth-order valence-corrected chi connectivity index (χ4v) is 3.31. The predicted octanol–water partition coefficient (Wildman–Crippen LogP) is 4.36. The number of anilines is 5. The molecule has 4 rings (SSSR count). The van der Waals surface area contributed by atoms with Gasteiger partial charge in [-0.15, -0.1) is 0 Å². The van der Waals surface area contributed by atoms with Crippen LogP contribution in [0.2, 0.25) is 5.02 Å². The Morgan fingerprint density at radius 2 is 1.68 bits per heavy atom. The summed E-state index contributed by atoms with van der Waals surface area (Å²) < 4.78 is 5.44. The lowest BCUT2D eigenvalue weighted by Gasteiger charge is -2.27. The van der Waals surface area contributed by atoms with E-state index >= 15 is 0 Å². The summed E-state index contributed by atoms with van der Waals surface area (Å²) >= 11 is 6.26. The van der Waals surface area contributed by atoms with Crippen molar-refractivity contribution < 1.29 is 9.53 Å². The van der Waals surface area contributed by atoms with Crippen molar-refractivity contribution >= 4 is 46.6 Å². The Morgan fingerprint density at radius 3 is 2.32 bits per heavy atom. The standard InChI is InChI=1S/C22H23ClN6O2/c1-14-6-7-18(13-19(14)23)25-21-26-20(24-17-5-3-4-16(12-17)15(2)30)27-22(28-21)29-8-10-31-11-9-29/h3-7,12-13H,8-11H2,1-2H3,(H2,24,25,26,27,28). The highest BCUT2D eigenvalue weighted by molar-refractivity contribution is 6.31. The van der Waals surface area contributed by atoms with Gasteiger partial charge in [0.15, 0.2) is 5.78 Å². The normalized spacial score (nSPS) is 13.7. The van der Waals surface area contributed by atoms with Crippen LogP contribution < -0.4 is 15.5 Å². The molecule has 8 nitrogen and oxygen atoms in total. The molecule has 2 N–H and O–H groups in total. The first-order valence-corrected chi connectivity index (χ1v) is 10.4. The molecule has 0 atom stereocenters. The maximum Gasteiger partial charge on any atom is 0.233 e. The van der Waals surface area contributed by atoms with E-state index in [0.29, 0.717) is 54.7 Å². The van der Waals surface area contributed by atoms with E-state index in [-0.39, 0.29) is 5.78 Å². The molecule has 1 saturated heterocycles. The van der Waals surface area contributed by atoms with Crippen molar-refractivity contribution in [3.05, 3.63) is 58.6 Å². The van der Waals surface area contributed by atoms with E-state index in [1.54, 1.807) is 12.1 Å². The van der Waals surface area contributed by atoms with Crippen molar-refractivity contribution in [1.82, 2.24) is 15.0 Å². The van der Waals surface area contributed by atoms with Crippen LogP contribution in [0.5, 0.6) is 0 Å². The number of ether oxygens (including phenoxy) is 1. The highest BCUT2D eigenvalue weighted by Gasteiger charge is 2.17. The summed E-state index contributed by atoms with van der Waals surface area (Å²) in [4.78, 5) is 27.5. The smallest absolute Gasteiger partial charge is 0.233 e. The van der Waals surface area contributed by atoms with Gasteiger partial charge in [0.2, 0.25) is 17.8 Å². The Balaban J connectivity index is 1.66. The molecule has 0 unspecified atom stereocenters. The number of aromatic nitrogens is 3. The van der Waals surface area contributed by atoms with Crippen molar-refractivity contribution in [3.63, 3.8) is 0 Å². The molecule has 1 aromatic heterocycles. The lowest BCUT2D eigenvalue weighted by molar-refractivity contribution is 0.101. The van der Waals surface area contributed by atoms with E-state index in [1.807, 2.05) is 37.3 Å². The lowest BCUT2D eigenvalue weighted by Crippen LogP contribution is -2.37. The minimum Gasteiger partial charge on any atom is -0.378 e. The summed E-state index contributed by atoms with van der Waals surface area (Å²) in [6, 6.07) is 12.9. The van der Waals surface area contributed by atoms with Gasteiger partial charge in [-0.1, -0.05) is 29.8 Å². The van der Waals surface area contributed by atoms with Crippen LogP contribution in [0.15, 0.2) is 42.5 Å². The average Bonchev–Trinajstić information content (AvgIpc) is 2.77. The number of carbonyl (C=O) groups excluding carboxylic acids is 1. The van der Waals surface area contributed by atoms with Gasteiger partial charge in [0.1, 0.15) is 0 Å². The third-order valence-corrected chi connectivity index (χ3v) is 5.28. The monoisotopic (exact) mass is 438 g/mol. The zero-order chi connectivity index (χ0) is 21.8. The highest BCUT2D eigenvalue weighted by Crippen LogP contribution is 2.24. The topological polar surface area (TPSA) is 92.3 Å². The average molecular weight is 439 g/mol. The van der Waals surface area contributed by atoms with Gasteiger partial charge in [-0.3, -0.25) is 4.79 Å². The maximum absolute atomic E-state index is 11.7. The molecule has 0 bridgehead atoms. The van der Waals surface area contributed by atoms with Crippen molar-refractivity contribution in [2.24, 2.45) is 0 Å². The number of nitrogens with zero attached hydrogens (tertiary/aromatic N) is 4. The molecule has 2 heterocycles. The highest BCUT2D eigenvalue weighted by atomic mass is 35.5. The second-order valence-corrected chi connectivity index (χ2v) is 7.64. The minimum atomic E-state index is -0.00749. The Morgan fingerprint density at radius 1 is 1.00 bits per heavy atom. The van der Waals surface area contributed by atoms with E-state index in [2.05, 4.69) is 30.5 Å². The van der Waals surface area contributed by atoms with Crippen LogP contribution in [0.4, 0.5) is 29.2 Å². The van der Waals surface area contributed by atoms with Gasteiger partial charge in [-0.2, -0.15) is 15.0 Å². The first-order valence-electron chi connectivity index (χ1n) is 9.98. The summed E-state index contributed by atoms with van der Waals surface area (Å²) in [5.74, 6) is 1.30. The van der Waals surface area contributed by atoms with Crippen LogP contribution in [0.3, 0.4) is 0 Å². The fraction of sp³-hybridized carbons (Fsp3) is 0.273. The summed E-state index contributed by atoms with van der Waals surface area (Å²) in [5.41, 5.74) is 3.10. The molecule has 9 heteroatoms. The molecule has 1 aliphatic rings. The molecule has 2 aromatic carbocycles. The van der Waals surface area contributed by atoms with Crippen LogP contribution in [-0.4, -0.2) is 47.0 Å². The fourth-order valence-electron chi connectivity index (χ4n) is 3.13. The molecule has 0 spiro atoms. The Kier molecular flexibility index (Phi) is 6.29. The molecule has 0 radical (unpaired) electrons. The van der Waals surface area contributed by atoms with E-state index in [9.17, 15) is 4.79 Å².